The van der Waals surface area contributed by atoms with Gasteiger partial charge in [0.2, 0.25) is 0 Å². The van der Waals surface area contributed by atoms with Crippen molar-refractivity contribution in [2.24, 2.45) is 16.8 Å². The van der Waals surface area contributed by atoms with Gasteiger partial charge in [0.05, 0.1) is 0 Å². The molecule has 27 heavy (non-hydrogen) atoms. The Bertz CT molecular complexity index is 742. The van der Waals surface area contributed by atoms with Gasteiger partial charge in [0.25, 0.3) is 5.89 Å². The van der Waals surface area contributed by atoms with E-state index in [2.05, 4.69) is 51.3 Å². The van der Waals surface area contributed by atoms with Crippen LogP contribution in [-0.2, 0) is 12.8 Å². The molecule has 0 aliphatic carbocycles. The molecule has 2 unspecified atom stereocenters. The molecule has 146 valence electrons. The van der Waals surface area contributed by atoms with Crippen LogP contribution in [-0.4, -0.2) is 47.7 Å². The van der Waals surface area contributed by atoms with E-state index < -0.39 is 0 Å². The highest BCUT2D eigenvalue weighted by Crippen LogP contribution is 2.21. The monoisotopic (exact) mass is 369 g/mol. The number of rotatable bonds is 5. The summed E-state index contributed by atoms with van der Waals surface area (Å²) in [6, 6.07) is 8.34. The number of nitrogens with zero attached hydrogens (tertiary/aromatic N) is 4. The number of guanidine groups is 1. The third-order valence-electron chi connectivity index (χ3n) is 5.06. The summed E-state index contributed by atoms with van der Waals surface area (Å²) in [7, 11) is 1.87. The zero-order valence-corrected chi connectivity index (χ0v) is 16.9. The second kappa shape index (κ2) is 9.02. The van der Waals surface area contributed by atoms with E-state index in [-0.39, 0.29) is 0 Å². The molecule has 1 saturated heterocycles. The van der Waals surface area contributed by atoms with Gasteiger partial charge in [-0.3, -0.25) is 4.99 Å². The molecule has 6 heteroatoms. The number of hydrogen-bond donors (Lipinski definition) is 1. The Kier molecular flexibility index (Phi) is 6.48. The van der Waals surface area contributed by atoms with Crippen LogP contribution in [0.1, 0.15) is 38.6 Å². The van der Waals surface area contributed by atoms with Crippen molar-refractivity contribution >= 4 is 5.96 Å². The van der Waals surface area contributed by atoms with E-state index in [0.717, 1.165) is 61.7 Å². The molecule has 0 bridgehead atoms. The lowest BCUT2D eigenvalue weighted by Crippen LogP contribution is -2.48. The van der Waals surface area contributed by atoms with Crippen molar-refractivity contribution in [2.75, 3.05) is 26.7 Å². The lowest BCUT2D eigenvalue weighted by Gasteiger charge is -2.37. The van der Waals surface area contributed by atoms with Crippen molar-refractivity contribution in [1.29, 1.82) is 0 Å². The van der Waals surface area contributed by atoms with Gasteiger partial charge in [0, 0.05) is 38.7 Å². The molecule has 1 fully saturated rings. The molecular weight excluding hydrogens is 338 g/mol. The molecule has 0 spiro atoms. The quantitative estimate of drug-likeness (QED) is 0.646. The number of aromatic nitrogens is 2. The number of aryl methyl sites for hydroxylation is 1. The number of piperidine rings is 1. The maximum atomic E-state index is 5.30. The molecule has 2 heterocycles. The Morgan fingerprint density at radius 2 is 1.93 bits per heavy atom. The molecule has 0 radical (unpaired) electrons. The van der Waals surface area contributed by atoms with Crippen LogP contribution in [0.15, 0.2) is 33.8 Å². The number of hydrogen-bond acceptors (Lipinski definition) is 4. The predicted molar refractivity (Wildman–Crippen MR) is 109 cm³/mol. The zero-order valence-electron chi connectivity index (χ0n) is 16.9. The topological polar surface area (TPSA) is 66.6 Å². The molecule has 1 aliphatic rings. The van der Waals surface area contributed by atoms with Crippen molar-refractivity contribution in [1.82, 2.24) is 20.4 Å². The first-order chi connectivity index (χ1) is 13.1. The highest BCUT2D eigenvalue weighted by molar-refractivity contribution is 5.80. The first-order valence-electron chi connectivity index (χ1n) is 9.96. The fourth-order valence-corrected chi connectivity index (χ4v) is 3.82. The molecular formula is C21H31N5O. The van der Waals surface area contributed by atoms with Crippen LogP contribution in [0.4, 0.5) is 0 Å². The van der Waals surface area contributed by atoms with Crippen molar-refractivity contribution < 1.29 is 4.52 Å². The van der Waals surface area contributed by atoms with Gasteiger partial charge in [-0.15, -0.1) is 0 Å². The highest BCUT2D eigenvalue weighted by atomic mass is 16.5. The van der Waals surface area contributed by atoms with E-state index in [1.165, 1.54) is 12.0 Å². The Morgan fingerprint density at radius 3 is 2.52 bits per heavy atom. The van der Waals surface area contributed by atoms with E-state index in [1.54, 1.807) is 0 Å². The Hall–Kier alpha value is -2.37. The SMILES string of the molecule is CCc1noc(-c2ccc(CCNC(=NC)N3CC(C)CC(C)C3)cc2)n1. The summed E-state index contributed by atoms with van der Waals surface area (Å²) in [5.41, 5.74) is 2.24. The molecule has 1 N–H and O–H groups in total. The second-order valence-electron chi connectivity index (χ2n) is 7.64. The van der Waals surface area contributed by atoms with Gasteiger partial charge in [-0.25, -0.2) is 0 Å². The molecule has 6 nitrogen and oxygen atoms in total. The number of benzene rings is 1. The summed E-state index contributed by atoms with van der Waals surface area (Å²) in [5, 5.41) is 7.47. The Balaban J connectivity index is 1.52. The molecule has 0 amide bonds. The summed E-state index contributed by atoms with van der Waals surface area (Å²) in [4.78, 5) is 11.2. The smallest absolute Gasteiger partial charge is 0.257 e. The molecule has 0 saturated carbocycles. The van der Waals surface area contributed by atoms with Crippen molar-refractivity contribution in [3.8, 4) is 11.5 Å². The average molecular weight is 370 g/mol. The van der Waals surface area contributed by atoms with E-state index in [9.17, 15) is 0 Å². The van der Waals surface area contributed by atoms with Gasteiger partial charge >= 0.3 is 0 Å². The van der Waals surface area contributed by atoms with Gasteiger partial charge in [-0.1, -0.05) is 38.1 Å². The fourth-order valence-electron chi connectivity index (χ4n) is 3.82. The maximum Gasteiger partial charge on any atom is 0.257 e. The third kappa shape index (κ3) is 5.08. The lowest BCUT2D eigenvalue weighted by molar-refractivity contribution is 0.208. The minimum atomic E-state index is 0.588. The summed E-state index contributed by atoms with van der Waals surface area (Å²) in [6.07, 6.45) is 3.03. The maximum absolute atomic E-state index is 5.30. The van der Waals surface area contributed by atoms with Crippen LogP contribution in [0.25, 0.3) is 11.5 Å². The largest absolute Gasteiger partial charge is 0.356 e. The standard InChI is InChI=1S/C21H31N5O/c1-5-19-24-20(27-25-19)18-8-6-17(7-9-18)10-11-23-21(22-4)26-13-15(2)12-16(3)14-26/h6-9,15-16H,5,10-14H2,1-4H3,(H,22,23). The minimum absolute atomic E-state index is 0.588. The Morgan fingerprint density at radius 1 is 1.22 bits per heavy atom. The van der Waals surface area contributed by atoms with E-state index in [1.807, 2.05) is 26.1 Å². The zero-order chi connectivity index (χ0) is 19.2. The van der Waals surface area contributed by atoms with Crippen molar-refractivity contribution in [3.63, 3.8) is 0 Å². The Labute approximate surface area is 162 Å². The molecule has 2 aromatic rings. The number of aliphatic imine (C=N–C) groups is 1. The van der Waals surface area contributed by atoms with Crippen LogP contribution in [0, 0.1) is 11.8 Å². The first kappa shape index (κ1) is 19.4. The molecule has 1 aromatic heterocycles. The lowest BCUT2D eigenvalue weighted by atomic mass is 9.92. The van der Waals surface area contributed by atoms with Crippen LogP contribution >= 0.6 is 0 Å². The summed E-state index contributed by atoms with van der Waals surface area (Å²) < 4.78 is 5.30. The number of likely N-dealkylation sites (tertiary alicyclic amines) is 1. The highest BCUT2D eigenvalue weighted by Gasteiger charge is 2.23. The average Bonchev–Trinajstić information content (AvgIpc) is 3.14. The van der Waals surface area contributed by atoms with E-state index in [4.69, 9.17) is 4.52 Å². The minimum Gasteiger partial charge on any atom is -0.356 e. The summed E-state index contributed by atoms with van der Waals surface area (Å²) in [6.45, 7) is 9.70. The molecule has 2 atom stereocenters. The van der Waals surface area contributed by atoms with Crippen molar-refractivity contribution in [2.45, 2.75) is 40.0 Å². The summed E-state index contributed by atoms with van der Waals surface area (Å²) in [5.74, 6) is 3.79. The molecule has 1 aliphatic heterocycles. The van der Waals surface area contributed by atoms with Crippen molar-refractivity contribution in [3.05, 3.63) is 35.7 Å². The molecule has 3 rings (SSSR count). The number of nitrogens with one attached hydrogen (secondary N) is 1. The van der Waals surface area contributed by atoms with Gasteiger partial charge < -0.3 is 14.7 Å². The van der Waals surface area contributed by atoms with Crippen LogP contribution in [0.2, 0.25) is 0 Å². The van der Waals surface area contributed by atoms with Gasteiger partial charge in [0.15, 0.2) is 11.8 Å². The normalized spacial score (nSPS) is 20.7. The van der Waals surface area contributed by atoms with Gasteiger partial charge in [-0.2, -0.15) is 4.98 Å². The van der Waals surface area contributed by atoms with E-state index in [0.29, 0.717) is 5.89 Å². The van der Waals surface area contributed by atoms with Crippen LogP contribution in [0.3, 0.4) is 0 Å². The van der Waals surface area contributed by atoms with Gasteiger partial charge in [-0.05, 0) is 42.4 Å². The fraction of sp³-hybridized carbons (Fsp3) is 0.571. The van der Waals surface area contributed by atoms with Crippen LogP contribution in [0.5, 0.6) is 0 Å². The molecule has 1 aromatic carbocycles. The third-order valence-corrected chi connectivity index (χ3v) is 5.06. The van der Waals surface area contributed by atoms with Gasteiger partial charge in [0.1, 0.15) is 0 Å². The first-order valence-corrected chi connectivity index (χ1v) is 9.96. The van der Waals surface area contributed by atoms with Crippen LogP contribution < -0.4 is 5.32 Å². The predicted octanol–water partition coefficient (Wildman–Crippen LogP) is 3.39. The van der Waals surface area contributed by atoms with E-state index >= 15 is 0 Å². The summed E-state index contributed by atoms with van der Waals surface area (Å²) >= 11 is 0. The second-order valence-corrected chi connectivity index (χ2v) is 7.64.